The largest absolute Gasteiger partial charge is 0.472 e. The number of quaternary nitrogens is 1. The molecule has 0 aliphatic carbocycles. The second-order valence-electron chi connectivity index (χ2n) is 16.8. The van der Waals surface area contributed by atoms with E-state index in [1.54, 1.807) is 6.08 Å². The molecule has 3 N–H and O–H groups in total. The maximum Gasteiger partial charge on any atom is 0.472 e. The van der Waals surface area contributed by atoms with Gasteiger partial charge in [0.25, 0.3) is 0 Å². The van der Waals surface area contributed by atoms with Gasteiger partial charge >= 0.3 is 7.82 Å². The third-order valence-electron chi connectivity index (χ3n) is 10.2. The van der Waals surface area contributed by atoms with Crippen LogP contribution in [0.1, 0.15) is 206 Å². The number of aliphatic hydroxyl groups excluding tert-OH is 1. The van der Waals surface area contributed by atoms with Crippen LogP contribution in [0.4, 0.5) is 0 Å². The highest BCUT2D eigenvalue weighted by Crippen LogP contribution is 2.43. The quantitative estimate of drug-likeness (QED) is 0.0247. The monoisotopic (exact) mass is 786 g/mol. The number of unbranched alkanes of at least 4 members (excludes halogenated alkanes) is 26. The molecule has 1 amide bonds. The molecule has 320 valence electrons. The molecule has 0 aromatic carbocycles. The van der Waals surface area contributed by atoms with Crippen LogP contribution >= 0.6 is 7.82 Å². The van der Waals surface area contributed by atoms with Gasteiger partial charge in [-0.3, -0.25) is 13.8 Å². The van der Waals surface area contributed by atoms with E-state index in [9.17, 15) is 19.4 Å². The zero-order valence-corrected chi connectivity index (χ0v) is 37.1. The molecular weight excluding hydrogens is 695 g/mol. The van der Waals surface area contributed by atoms with E-state index in [1.807, 2.05) is 27.2 Å². The molecule has 0 aliphatic heterocycles. The van der Waals surface area contributed by atoms with E-state index in [4.69, 9.17) is 9.05 Å². The van der Waals surface area contributed by atoms with Gasteiger partial charge in [-0.1, -0.05) is 199 Å². The first-order valence-corrected chi connectivity index (χ1v) is 24.2. The van der Waals surface area contributed by atoms with E-state index in [0.29, 0.717) is 17.4 Å². The Bertz CT molecular complexity index is 938. The summed E-state index contributed by atoms with van der Waals surface area (Å²) in [5.41, 5.74) is 0. The summed E-state index contributed by atoms with van der Waals surface area (Å²) in [5, 5.41) is 13.7. The number of rotatable bonds is 41. The van der Waals surface area contributed by atoms with Crippen LogP contribution < -0.4 is 5.32 Å². The van der Waals surface area contributed by atoms with Gasteiger partial charge in [-0.05, 0) is 25.7 Å². The molecule has 0 fully saturated rings. The summed E-state index contributed by atoms with van der Waals surface area (Å²) in [4.78, 5) is 23.0. The molecule has 8 nitrogen and oxygen atoms in total. The van der Waals surface area contributed by atoms with Crippen molar-refractivity contribution in [2.45, 2.75) is 219 Å². The minimum absolute atomic E-state index is 0.0574. The average Bonchev–Trinajstić information content (AvgIpc) is 3.12. The Labute approximate surface area is 334 Å². The molecule has 0 bridgehead atoms. The van der Waals surface area contributed by atoms with Gasteiger partial charge in [-0.25, -0.2) is 4.57 Å². The molecule has 54 heavy (non-hydrogen) atoms. The van der Waals surface area contributed by atoms with Gasteiger partial charge in [0.2, 0.25) is 5.91 Å². The normalized spacial score (nSPS) is 14.6. The number of carbonyl (C=O) groups excluding carboxylic acids is 1. The van der Waals surface area contributed by atoms with Crippen LogP contribution in [0, 0.1) is 0 Å². The second kappa shape index (κ2) is 37.6. The zero-order valence-electron chi connectivity index (χ0n) is 36.2. The summed E-state index contributed by atoms with van der Waals surface area (Å²) in [6.07, 6.45) is 44.4. The summed E-state index contributed by atoms with van der Waals surface area (Å²) in [6, 6.07) is -0.855. The van der Waals surface area contributed by atoms with Gasteiger partial charge in [0.15, 0.2) is 0 Å². The predicted octanol–water partition coefficient (Wildman–Crippen LogP) is 12.5. The average molecular weight is 786 g/mol. The van der Waals surface area contributed by atoms with Crippen molar-refractivity contribution in [3.8, 4) is 0 Å². The third-order valence-corrected chi connectivity index (χ3v) is 11.1. The number of phosphoric ester groups is 1. The van der Waals surface area contributed by atoms with Crippen molar-refractivity contribution in [2.75, 3.05) is 40.9 Å². The molecule has 3 atom stereocenters. The van der Waals surface area contributed by atoms with Crippen LogP contribution in [0.3, 0.4) is 0 Å². The van der Waals surface area contributed by atoms with E-state index < -0.39 is 20.0 Å². The summed E-state index contributed by atoms with van der Waals surface area (Å²) >= 11 is 0. The van der Waals surface area contributed by atoms with Gasteiger partial charge in [0, 0.05) is 6.42 Å². The first kappa shape index (κ1) is 53.0. The number of hydrogen-bond donors (Lipinski definition) is 3. The Hall–Kier alpha value is -1.02. The Morgan fingerprint density at radius 3 is 1.44 bits per heavy atom. The van der Waals surface area contributed by atoms with Crippen molar-refractivity contribution in [1.29, 1.82) is 0 Å². The van der Waals surface area contributed by atoms with E-state index in [2.05, 4.69) is 31.3 Å². The minimum atomic E-state index is -4.33. The predicted molar refractivity (Wildman–Crippen MR) is 231 cm³/mol. The molecule has 3 unspecified atom stereocenters. The highest BCUT2D eigenvalue weighted by atomic mass is 31.2. The molecule has 0 radical (unpaired) electrons. The number of hydrogen-bond acceptors (Lipinski definition) is 5. The molecule has 9 heteroatoms. The molecule has 0 aromatic heterocycles. The van der Waals surface area contributed by atoms with Crippen LogP contribution in [0.15, 0.2) is 24.3 Å². The number of allylic oxidation sites excluding steroid dienone is 3. The first-order valence-electron chi connectivity index (χ1n) is 22.7. The maximum atomic E-state index is 12.8. The van der Waals surface area contributed by atoms with E-state index in [-0.39, 0.29) is 19.1 Å². The standard InChI is InChI=1S/C45H89N2O6P/c1-6-8-10-12-14-15-16-17-18-19-20-21-22-23-24-25-26-27-28-29-30-31-33-35-37-39-45(49)46-43(44(48)38-36-34-32-13-11-9-7-2)42-53-54(50,51)52-41-40-47(3,4)5/h11,13,36,38,43-44,48H,6-10,12,14-35,37,39-42H2,1-5H3,(H-,46,49,50,51)/p+1/b13-11+,38-36+. The molecule has 0 aliphatic rings. The van der Waals surface area contributed by atoms with Crippen LogP contribution in [0.25, 0.3) is 0 Å². The highest BCUT2D eigenvalue weighted by molar-refractivity contribution is 7.47. The lowest BCUT2D eigenvalue weighted by Gasteiger charge is -2.25. The molecule has 0 rings (SSSR count). The molecule has 0 heterocycles. The Kier molecular flexibility index (Phi) is 36.8. The van der Waals surface area contributed by atoms with Crippen molar-refractivity contribution in [3.63, 3.8) is 0 Å². The van der Waals surface area contributed by atoms with Gasteiger partial charge in [-0.2, -0.15) is 0 Å². The molecule has 0 saturated heterocycles. The Morgan fingerprint density at radius 1 is 0.611 bits per heavy atom. The fourth-order valence-corrected chi connectivity index (χ4v) is 7.27. The fourth-order valence-electron chi connectivity index (χ4n) is 6.54. The van der Waals surface area contributed by atoms with E-state index >= 15 is 0 Å². The Balaban J connectivity index is 4.04. The summed E-state index contributed by atoms with van der Waals surface area (Å²) in [5.74, 6) is -0.189. The van der Waals surface area contributed by atoms with Gasteiger partial charge in [0.1, 0.15) is 13.2 Å². The zero-order chi connectivity index (χ0) is 40.0. The Morgan fingerprint density at radius 2 is 1.02 bits per heavy atom. The smallest absolute Gasteiger partial charge is 0.387 e. The maximum absolute atomic E-state index is 12.8. The van der Waals surface area contributed by atoms with Crippen LogP contribution in [-0.2, 0) is 18.4 Å². The summed E-state index contributed by atoms with van der Waals surface area (Å²) in [7, 11) is 1.56. The van der Waals surface area contributed by atoms with Crippen molar-refractivity contribution >= 4 is 13.7 Å². The molecule has 0 spiro atoms. The molecule has 0 saturated carbocycles. The molecular formula is C45H90N2O6P+. The third kappa shape index (κ3) is 39.2. The number of likely N-dealkylation sites (N-methyl/N-ethyl adjacent to an activating group) is 1. The molecule has 0 aromatic rings. The summed E-state index contributed by atoms with van der Waals surface area (Å²) in [6.45, 7) is 4.69. The lowest BCUT2D eigenvalue weighted by atomic mass is 10.0. The fraction of sp³-hybridized carbons (Fsp3) is 0.889. The van der Waals surface area contributed by atoms with Crippen LogP contribution in [0.5, 0.6) is 0 Å². The lowest BCUT2D eigenvalue weighted by molar-refractivity contribution is -0.870. The first-order chi connectivity index (χ1) is 26.0. The van der Waals surface area contributed by atoms with Crippen molar-refractivity contribution in [3.05, 3.63) is 24.3 Å². The van der Waals surface area contributed by atoms with Crippen molar-refractivity contribution < 1.29 is 32.9 Å². The van der Waals surface area contributed by atoms with Crippen LogP contribution in [0.2, 0.25) is 0 Å². The van der Waals surface area contributed by atoms with Gasteiger partial charge in [-0.15, -0.1) is 0 Å². The lowest BCUT2D eigenvalue weighted by Crippen LogP contribution is -2.45. The van der Waals surface area contributed by atoms with Gasteiger partial charge < -0.3 is 19.8 Å². The van der Waals surface area contributed by atoms with E-state index in [1.165, 1.54) is 141 Å². The highest BCUT2D eigenvalue weighted by Gasteiger charge is 2.27. The SMILES string of the molecule is CCC/C=C/CC/C=C/C(O)C(COP(=O)(O)OCC[N+](C)(C)C)NC(=O)CCCCCCCCCCCCCCCCCCCCCCCCCCC. The number of nitrogens with one attached hydrogen (secondary N) is 1. The number of aliphatic hydroxyl groups is 1. The number of nitrogens with zero attached hydrogens (tertiary/aromatic N) is 1. The van der Waals surface area contributed by atoms with Crippen molar-refractivity contribution in [2.24, 2.45) is 0 Å². The summed E-state index contributed by atoms with van der Waals surface area (Å²) < 4.78 is 23.4. The number of phosphoric acid groups is 1. The number of carbonyl (C=O) groups is 1. The topological polar surface area (TPSA) is 105 Å². The minimum Gasteiger partial charge on any atom is -0.387 e. The van der Waals surface area contributed by atoms with Crippen molar-refractivity contribution in [1.82, 2.24) is 5.32 Å². The van der Waals surface area contributed by atoms with Gasteiger partial charge in [0.05, 0.1) is 39.9 Å². The number of amides is 1. The van der Waals surface area contributed by atoms with Crippen LogP contribution in [-0.4, -0.2) is 73.4 Å². The second-order valence-corrected chi connectivity index (χ2v) is 18.2. The van der Waals surface area contributed by atoms with E-state index in [0.717, 1.165) is 44.9 Å².